The van der Waals surface area contributed by atoms with Crippen molar-refractivity contribution in [3.8, 4) is 11.5 Å². The van der Waals surface area contributed by atoms with Crippen LogP contribution in [0.4, 0.5) is 0 Å². The van der Waals surface area contributed by atoms with Gasteiger partial charge >= 0.3 is 5.97 Å². The lowest BCUT2D eigenvalue weighted by molar-refractivity contribution is -0.152. The highest BCUT2D eigenvalue weighted by Gasteiger charge is 2.43. The number of ether oxygens (including phenoxy) is 5. The quantitative estimate of drug-likeness (QED) is 0.229. The molecule has 5 atom stereocenters. The van der Waals surface area contributed by atoms with Crippen molar-refractivity contribution in [3.05, 3.63) is 77.4 Å². The number of hydrogen-bond acceptors (Lipinski definition) is 8. The summed E-state index contributed by atoms with van der Waals surface area (Å²) in [7, 11) is 2.93. The first-order chi connectivity index (χ1) is 19.0. The zero-order valence-electron chi connectivity index (χ0n) is 23.7. The van der Waals surface area contributed by atoms with Gasteiger partial charge in [0.05, 0.1) is 19.3 Å². The predicted octanol–water partition coefficient (Wildman–Crippen LogP) is 4.46. The van der Waals surface area contributed by atoms with Crippen LogP contribution < -0.4 is 9.47 Å². The molecule has 1 aliphatic rings. The van der Waals surface area contributed by atoms with E-state index in [4.69, 9.17) is 23.7 Å². The topological polar surface area (TPSA) is 124 Å². The van der Waals surface area contributed by atoms with Gasteiger partial charge in [-0.1, -0.05) is 54.6 Å². The summed E-state index contributed by atoms with van der Waals surface area (Å²) >= 11 is 0. The van der Waals surface area contributed by atoms with E-state index in [0.29, 0.717) is 24.2 Å². The molecule has 1 fully saturated rings. The fourth-order valence-corrected chi connectivity index (χ4v) is 4.64. The Balaban J connectivity index is 1.77. The minimum atomic E-state index is -1.16. The smallest absolute Gasteiger partial charge is 0.340 e. The third-order valence-corrected chi connectivity index (χ3v) is 6.60. The van der Waals surface area contributed by atoms with Gasteiger partial charge in [0, 0.05) is 19.1 Å². The first kappa shape index (κ1) is 31.3. The Morgan fingerprint density at radius 1 is 1.10 bits per heavy atom. The third-order valence-electron chi connectivity index (χ3n) is 6.60. The monoisotopic (exact) mass is 556 g/mol. The maximum Gasteiger partial charge on any atom is 0.340 e. The molecule has 1 saturated heterocycles. The molecule has 0 saturated carbocycles. The summed E-state index contributed by atoms with van der Waals surface area (Å²) in [5.74, 6) is -1.72. The number of carboxylic acids is 1. The normalized spacial score (nSPS) is 21.0. The van der Waals surface area contributed by atoms with Gasteiger partial charge in [-0.15, -0.1) is 0 Å². The molecule has 0 aromatic heterocycles. The third kappa shape index (κ3) is 8.64. The van der Waals surface area contributed by atoms with Crippen LogP contribution >= 0.6 is 0 Å². The number of rotatable bonds is 14. The van der Waals surface area contributed by atoms with E-state index in [9.17, 15) is 20.1 Å². The molecule has 2 aromatic rings. The number of benzene rings is 2. The second-order valence-corrected chi connectivity index (χ2v) is 10.2. The van der Waals surface area contributed by atoms with Crippen molar-refractivity contribution in [2.45, 2.75) is 63.8 Å². The first-order valence-corrected chi connectivity index (χ1v) is 13.2. The summed E-state index contributed by atoms with van der Waals surface area (Å²) in [5, 5.41) is 31.2. The van der Waals surface area contributed by atoms with Crippen molar-refractivity contribution in [1.82, 2.24) is 0 Å². The van der Waals surface area contributed by atoms with Crippen molar-refractivity contribution in [3.63, 3.8) is 0 Å². The number of hydrogen-bond donors (Lipinski definition) is 3. The molecule has 9 heteroatoms. The molecule has 3 N–H and O–H groups in total. The lowest BCUT2D eigenvalue weighted by Crippen LogP contribution is -2.34. The standard InChI is InChI=1S/C31H40O9/c1-20(32)22(16-21-10-7-6-8-11-21)14-15-25(33)29-26(39-31(2,3)40-29)13-9-12-23-17-24(37-5)18-27(38-19-36-4)28(23)30(34)35/h6-12,14-15,17-18,20,22,25-26,29,32-33H,13,16,19H2,1-5H3,(H,34,35)/t20-,22?,25?,26-,29+/m0/s1. The molecule has 0 amide bonds. The molecule has 218 valence electrons. The molecule has 40 heavy (non-hydrogen) atoms. The van der Waals surface area contributed by atoms with Gasteiger partial charge in [0.25, 0.3) is 0 Å². The van der Waals surface area contributed by atoms with Crippen molar-refractivity contribution < 1.29 is 43.8 Å². The molecule has 9 nitrogen and oxygen atoms in total. The zero-order valence-corrected chi connectivity index (χ0v) is 23.7. The maximum absolute atomic E-state index is 12.0. The molecule has 0 spiro atoms. The Morgan fingerprint density at radius 2 is 1.82 bits per heavy atom. The summed E-state index contributed by atoms with van der Waals surface area (Å²) in [5.41, 5.74) is 1.44. The Hall–Kier alpha value is -3.21. The average Bonchev–Trinajstić information content (AvgIpc) is 3.23. The van der Waals surface area contributed by atoms with E-state index < -0.39 is 36.2 Å². The maximum atomic E-state index is 12.0. The van der Waals surface area contributed by atoms with Gasteiger partial charge < -0.3 is 39.0 Å². The number of aromatic carboxylic acids is 1. The van der Waals surface area contributed by atoms with Gasteiger partial charge in [0.2, 0.25) is 0 Å². The lowest BCUT2D eigenvalue weighted by atomic mass is 9.93. The molecule has 3 rings (SSSR count). The van der Waals surface area contributed by atoms with E-state index in [1.54, 1.807) is 45.1 Å². The Kier molecular flexibility index (Phi) is 11.3. The van der Waals surface area contributed by atoms with Crippen LogP contribution in [0.5, 0.6) is 11.5 Å². The summed E-state index contributed by atoms with van der Waals surface area (Å²) in [4.78, 5) is 12.0. The van der Waals surface area contributed by atoms with Gasteiger partial charge in [-0.3, -0.25) is 0 Å². The second-order valence-electron chi connectivity index (χ2n) is 10.2. The van der Waals surface area contributed by atoms with Crippen molar-refractivity contribution >= 4 is 12.0 Å². The average molecular weight is 557 g/mol. The van der Waals surface area contributed by atoms with Crippen LogP contribution in [0.1, 0.15) is 48.7 Å². The minimum Gasteiger partial charge on any atom is -0.497 e. The summed E-state index contributed by atoms with van der Waals surface area (Å²) < 4.78 is 27.8. The highest BCUT2D eigenvalue weighted by Crippen LogP contribution is 2.34. The van der Waals surface area contributed by atoms with Gasteiger partial charge in [-0.25, -0.2) is 4.79 Å². The van der Waals surface area contributed by atoms with E-state index in [1.165, 1.54) is 20.3 Å². The van der Waals surface area contributed by atoms with Crippen molar-refractivity contribution in [2.24, 2.45) is 5.92 Å². The van der Waals surface area contributed by atoms with E-state index >= 15 is 0 Å². The fraction of sp³-hybridized carbons (Fsp3) is 0.452. The highest BCUT2D eigenvalue weighted by atomic mass is 16.8. The molecule has 0 bridgehead atoms. The van der Waals surface area contributed by atoms with Gasteiger partial charge in [0.1, 0.15) is 29.3 Å². The Morgan fingerprint density at radius 3 is 2.45 bits per heavy atom. The molecular weight excluding hydrogens is 516 g/mol. The Labute approximate surface area is 235 Å². The van der Waals surface area contributed by atoms with Crippen molar-refractivity contribution in [2.75, 3.05) is 21.0 Å². The predicted molar refractivity (Wildman–Crippen MR) is 150 cm³/mol. The van der Waals surface area contributed by atoms with E-state index in [1.807, 2.05) is 36.4 Å². The van der Waals surface area contributed by atoms with Gasteiger partial charge in [0.15, 0.2) is 12.6 Å². The summed E-state index contributed by atoms with van der Waals surface area (Å²) in [6.45, 7) is 5.16. The summed E-state index contributed by atoms with van der Waals surface area (Å²) in [6, 6.07) is 13.0. The highest BCUT2D eigenvalue weighted by molar-refractivity contribution is 5.95. The van der Waals surface area contributed by atoms with E-state index in [0.717, 1.165) is 5.56 Å². The van der Waals surface area contributed by atoms with Crippen LogP contribution in [0.2, 0.25) is 0 Å². The Bertz CT molecular complexity index is 1160. The molecule has 0 radical (unpaired) electrons. The van der Waals surface area contributed by atoms with Crippen LogP contribution in [0.15, 0.2) is 60.7 Å². The van der Waals surface area contributed by atoms with Crippen LogP contribution in [0, 0.1) is 5.92 Å². The lowest BCUT2D eigenvalue weighted by Gasteiger charge is -2.21. The number of aliphatic hydroxyl groups excluding tert-OH is 2. The van der Waals surface area contributed by atoms with Crippen LogP contribution in [-0.4, -0.2) is 72.5 Å². The largest absolute Gasteiger partial charge is 0.497 e. The van der Waals surface area contributed by atoms with Gasteiger partial charge in [-0.2, -0.15) is 0 Å². The van der Waals surface area contributed by atoms with E-state index in [-0.39, 0.29) is 24.0 Å². The number of methoxy groups -OCH3 is 2. The molecular formula is C31H40O9. The molecule has 1 heterocycles. The molecule has 1 aliphatic heterocycles. The SMILES string of the molecule is COCOc1cc(OC)cc(C=CC[C@@H]2OC(C)(C)O[C@@H]2C(O)C=CC(Cc2ccccc2)[C@H](C)O)c1C(=O)O. The number of carboxylic acid groups (broad SMARTS) is 1. The van der Waals surface area contributed by atoms with Crippen LogP contribution in [0.25, 0.3) is 6.08 Å². The van der Waals surface area contributed by atoms with Crippen LogP contribution in [0.3, 0.4) is 0 Å². The molecule has 0 aliphatic carbocycles. The molecule has 2 aromatic carbocycles. The second kappa shape index (κ2) is 14.4. The molecule has 2 unspecified atom stereocenters. The number of carbonyl (C=O) groups is 1. The summed E-state index contributed by atoms with van der Waals surface area (Å²) in [6.07, 6.45) is 5.09. The number of aliphatic hydroxyl groups is 2. The van der Waals surface area contributed by atoms with E-state index in [2.05, 4.69) is 0 Å². The fourth-order valence-electron chi connectivity index (χ4n) is 4.64. The minimum absolute atomic E-state index is 0.0277. The zero-order chi connectivity index (χ0) is 29.3. The van der Waals surface area contributed by atoms with Crippen LogP contribution in [-0.2, 0) is 20.6 Å². The van der Waals surface area contributed by atoms with Gasteiger partial charge in [-0.05, 0) is 50.8 Å². The van der Waals surface area contributed by atoms with Crippen molar-refractivity contribution in [1.29, 1.82) is 0 Å². The first-order valence-electron chi connectivity index (χ1n) is 13.2.